The van der Waals surface area contributed by atoms with Gasteiger partial charge in [-0.2, -0.15) is 0 Å². The van der Waals surface area contributed by atoms with E-state index in [0.717, 1.165) is 12.8 Å². The molecule has 0 N–H and O–H groups in total. The van der Waals surface area contributed by atoms with Crippen LogP contribution in [-0.2, 0) is 9.59 Å². The molecule has 3 rings (SSSR count). The maximum atomic E-state index is 12.2. The summed E-state index contributed by atoms with van der Waals surface area (Å²) in [6.45, 7) is 4.16. The summed E-state index contributed by atoms with van der Waals surface area (Å²) in [6, 6.07) is -0.842. The van der Waals surface area contributed by atoms with Crippen molar-refractivity contribution in [3.63, 3.8) is 0 Å². The average molecular weight is 265 g/mol. The number of Topliss-reactive ketones (excluding diaryl/α,β-unsaturated/α-hetero) is 2. The van der Waals surface area contributed by atoms with Crippen molar-refractivity contribution in [1.29, 1.82) is 0 Å². The first kappa shape index (κ1) is 12.8. The van der Waals surface area contributed by atoms with Crippen LogP contribution in [0.4, 0.5) is 0 Å². The fraction of sp³-hybridized carbons (Fsp3) is 0.857. The molecule has 19 heavy (non-hydrogen) atoms. The molecule has 5 nitrogen and oxygen atoms in total. The van der Waals surface area contributed by atoms with Crippen molar-refractivity contribution >= 4 is 11.6 Å². The number of nitro groups is 1. The highest BCUT2D eigenvalue weighted by Gasteiger charge is 2.63. The molecule has 0 spiro atoms. The van der Waals surface area contributed by atoms with Crippen LogP contribution in [0.1, 0.15) is 33.1 Å². The van der Waals surface area contributed by atoms with Gasteiger partial charge in [0.1, 0.15) is 0 Å². The Hall–Kier alpha value is -1.26. The highest BCUT2D eigenvalue weighted by atomic mass is 16.6. The third-order valence-corrected chi connectivity index (χ3v) is 5.62. The van der Waals surface area contributed by atoms with E-state index < -0.39 is 17.7 Å². The molecule has 3 aliphatic rings. The highest BCUT2D eigenvalue weighted by molar-refractivity contribution is 6.41. The number of rotatable bonds is 1. The first-order valence-electron chi connectivity index (χ1n) is 7.13. The number of nitrogens with zero attached hydrogens (tertiary/aromatic N) is 1. The van der Waals surface area contributed by atoms with Gasteiger partial charge in [0.2, 0.25) is 17.6 Å². The third-order valence-electron chi connectivity index (χ3n) is 5.62. The highest BCUT2D eigenvalue weighted by Crippen LogP contribution is 2.55. The summed E-state index contributed by atoms with van der Waals surface area (Å²) in [7, 11) is 0. The van der Waals surface area contributed by atoms with Crippen molar-refractivity contribution in [2.75, 3.05) is 0 Å². The molecular formula is C14H19NO4. The van der Waals surface area contributed by atoms with Gasteiger partial charge in [-0.05, 0) is 36.5 Å². The summed E-state index contributed by atoms with van der Waals surface area (Å²) in [4.78, 5) is 35.2. The lowest BCUT2D eigenvalue weighted by molar-refractivity contribution is -0.537. The maximum Gasteiger partial charge on any atom is 0.223 e. The van der Waals surface area contributed by atoms with E-state index in [1.54, 1.807) is 0 Å². The van der Waals surface area contributed by atoms with E-state index in [0.29, 0.717) is 18.3 Å². The Bertz CT molecular complexity index is 460. The van der Waals surface area contributed by atoms with E-state index in [1.165, 1.54) is 0 Å². The van der Waals surface area contributed by atoms with Crippen LogP contribution < -0.4 is 0 Å². The van der Waals surface area contributed by atoms with Crippen molar-refractivity contribution in [1.82, 2.24) is 0 Å². The van der Waals surface area contributed by atoms with Crippen LogP contribution in [0.15, 0.2) is 0 Å². The van der Waals surface area contributed by atoms with E-state index in [1.807, 2.05) is 6.92 Å². The molecule has 0 heterocycles. The van der Waals surface area contributed by atoms with Crippen molar-refractivity contribution < 1.29 is 14.5 Å². The number of carbonyl (C=O) groups is 2. The predicted octanol–water partition coefficient (Wildman–Crippen LogP) is 1.72. The van der Waals surface area contributed by atoms with Gasteiger partial charge in [-0.3, -0.25) is 19.7 Å². The molecule has 3 aliphatic carbocycles. The molecule has 0 radical (unpaired) electrons. The first-order chi connectivity index (χ1) is 8.91. The second-order valence-corrected chi connectivity index (χ2v) is 6.74. The number of hydrogen-bond acceptors (Lipinski definition) is 4. The van der Waals surface area contributed by atoms with Gasteiger partial charge >= 0.3 is 0 Å². The maximum absolute atomic E-state index is 12.2. The normalized spacial score (nSPS) is 49.1. The largest absolute Gasteiger partial charge is 0.291 e. The summed E-state index contributed by atoms with van der Waals surface area (Å²) in [6.07, 6.45) is 2.18. The molecule has 7 unspecified atom stereocenters. The van der Waals surface area contributed by atoms with Gasteiger partial charge in [0, 0.05) is 17.3 Å². The van der Waals surface area contributed by atoms with Crippen LogP contribution in [0.2, 0.25) is 0 Å². The first-order valence-corrected chi connectivity index (χ1v) is 7.13. The Balaban J connectivity index is 2.03. The number of carbonyl (C=O) groups excluding carboxylic acids is 2. The van der Waals surface area contributed by atoms with E-state index in [2.05, 4.69) is 6.92 Å². The molecule has 0 saturated heterocycles. The lowest BCUT2D eigenvalue weighted by Gasteiger charge is -2.45. The minimum absolute atomic E-state index is 0.0599. The molecule has 0 aromatic carbocycles. The fourth-order valence-electron chi connectivity index (χ4n) is 4.89. The van der Waals surface area contributed by atoms with E-state index in [4.69, 9.17) is 0 Å². The molecule has 0 amide bonds. The monoisotopic (exact) mass is 265 g/mol. The topological polar surface area (TPSA) is 77.3 Å². The van der Waals surface area contributed by atoms with Crippen LogP contribution in [0, 0.1) is 45.6 Å². The van der Waals surface area contributed by atoms with Crippen LogP contribution in [0.5, 0.6) is 0 Å². The zero-order valence-electron chi connectivity index (χ0n) is 11.2. The van der Waals surface area contributed by atoms with Gasteiger partial charge in [0.05, 0.1) is 5.92 Å². The minimum Gasteiger partial charge on any atom is -0.291 e. The zero-order valence-corrected chi connectivity index (χ0v) is 11.2. The van der Waals surface area contributed by atoms with Crippen LogP contribution in [0.25, 0.3) is 0 Å². The fourth-order valence-corrected chi connectivity index (χ4v) is 4.89. The van der Waals surface area contributed by atoms with Crippen LogP contribution >= 0.6 is 0 Å². The van der Waals surface area contributed by atoms with E-state index in [9.17, 15) is 19.7 Å². The third kappa shape index (κ3) is 1.66. The Morgan fingerprint density at radius 1 is 1.11 bits per heavy atom. The predicted molar refractivity (Wildman–Crippen MR) is 66.9 cm³/mol. The molecular weight excluding hydrogens is 246 g/mol. The molecule has 3 saturated carbocycles. The summed E-state index contributed by atoms with van der Waals surface area (Å²) >= 11 is 0. The molecule has 0 aliphatic heterocycles. The average Bonchev–Trinajstić information content (AvgIpc) is 2.59. The zero-order chi connectivity index (χ0) is 13.9. The minimum atomic E-state index is -0.842. The lowest BCUT2D eigenvalue weighted by atomic mass is 9.57. The Morgan fingerprint density at radius 3 is 2.42 bits per heavy atom. The van der Waals surface area contributed by atoms with Gasteiger partial charge < -0.3 is 0 Å². The van der Waals surface area contributed by atoms with Gasteiger partial charge in [0.15, 0.2) is 0 Å². The Labute approximate surface area is 111 Å². The quantitative estimate of drug-likeness (QED) is 0.411. The number of hydrogen-bond donors (Lipinski definition) is 0. The van der Waals surface area contributed by atoms with Gasteiger partial charge in [-0.25, -0.2) is 0 Å². The molecule has 3 fully saturated rings. The molecule has 0 aromatic rings. The van der Waals surface area contributed by atoms with Gasteiger partial charge in [-0.15, -0.1) is 0 Å². The smallest absolute Gasteiger partial charge is 0.223 e. The SMILES string of the molecule is CC1CC2C(=O)C(=O)C3C2C(C1)C(C)CC3[N+](=O)[O-]. The number of ketones is 2. The second kappa shape index (κ2) is 4.12. The summed E-state index contributed by atoms with van der Waals surface area (Å²) in [5.74, 6) is -0.731. The van der Waals surface area contributed by atoms with Crippen LogP contribution in [0.3, 0.4) is 0 Å². The van der Waals surface area contributed by atoms with Crippen molar-refractivity contribution in [3.05, 3.63) is 10.1 Å². The summed E-state index contributed by atoms with van der Waals surface area (Å²) < 4.78 is 0. The van der Waals surface area contributed by atoms with Crippen molar-refractivity contribution in [2.24, 2.45) is 35.5 Å². The van der Waals surface area contributed by atoms with Crippen molar-refractivity contribution in [3.8, 4) is 0 Å². The van der Waals surface area contributed by atoms with Gasteiger partial charge in [0.25, 0.3) is 0 Å². The summed E-state index contributed by atoms with van der Waals surface area (Å²) in [5.41, 5.74) is 0. The molecule has 5 heteroatoms. The van der Waals surface area contributed by atoms with E-state index >= 15 is 0 Å². The van der Waals surface area contributed by atoms with Crippen molar-refractivity contribution in [2.45, 2.75) is 39.2 Å². The summed E-state index contributed by atoms with van der Waals surface area (Å²) in [5, 5.41) is 11.2. The second-order valence-electron chi connectivity index (χ2n) is 6.74. The Kier molecular flexibility index (Phi) is 2.76. The molecule has 0 aromatic heterocycles. The van der Waals surface area contributed by atoms with Crippen LogP contribution in [-0.4, -0.2) is 22.5 Å². The standard InChI is InChI=1S/C14H19NO4/c1-6-3-8-7(2)5-10(15(18)19)12-11(8)9(4-6)13(16)14(12)17/h6-12H,3-5H2,1-2H3. The molecule has 7 atom stereocenters. The Morgan fingerprint density at radius 2 is 1.79 bits per heavy atom. The molecule has 0 bridgehead atoms. The molecule has 104 valence electrons. The van der Waals surface area contributed by atoms with Gasteiger partial charge in [-0.1, -0.05) is 13.8 Å². The lowest BCUT2D eigenvalue weighted by Crippen LogP contribution is -2.49. The van der Waals surface area contributed by atoms with E-state index in [-0.39, 0.29) is 28.5 Å².